The molecule has 0 atom stereocenters. The van der Waals surface area contributed by atoms with Gasteiger partial charge in [0.2, 0.25) is 5.91 Å². The van der Waals surface area contributed by atoms with Crippen molar-refractivity contribution in [3.05, 3.63) is 42.2 Å². The standard InChI is InChI=1S/C21H30N4O3/c1-20(2,16-6-7-17(27-3)18(14-16)28-4)15-23-19(26)21(8-11-22-12-9-21)25-13-5-10-24-25/h5-7,10,13-14,22H,8-9,11-12,15H2,1-4H3,(H,23,26). The summed E-state index contributed by atoms with van der Waals surface area (Å²) < 4.78 is 12.6. The normalized spacial score (nSPS) is 16.4. The molecule has 0 unspecified atom stereocenters. The van der Waals surface area contributed by atoms with Gasteiger partial charge >= 0.3 is 0 Å². The van der Waals surface area contributed by atoms with E-state index in [2.05, 4.69) is 29.6 Å². The number of nitrogens with one attached hydrogen (secondary N) is 2. The second-order valence-electron chi connectivity index (χ2n) is 7.87. The maximum absolute atomic E-state index is 13.3. The number of benzene rings is 1. The van der Waals surface area contributed by atoms with Gasteiger partial charge in [-0.15, -0.1) is 0 Å². The summed E-state index contributed by atoms with van der Waals surface area (Å²) in [5, 5.41) is 10.9. The molecular weight excluding hydrogens is 356 g/mol. The lowest BCUT2D eigenvalue weighted by Crippen LogP contribution is -2.56. The van der Waals surface area contributed by atoms with E-state index in [1.54, 1.807) is 20.4 Å². The van der Waals surface area contributed by atoms with Gasteiger partial charge in [-0.1, -0.05) is 19.9 Å². The molecule has 2 N–H and O–H groups in total. The predicted octanol–water partition coefficient (Wildman–Crippen LogP) is 2.07. The summed E-state index contributed by atoms with van der Waals surface area (Å²) >= 11 is 0. The predicted molar refractivity (Wildman–Crippen MR) is 108 cm³/mol. The van der Waals surface area contributed by atoms with Crippen LogP contribution in [0.15, 0.2) is 36.7 Å². The van der Waals surface area contributed by atoms with Crippen LogP contribution in [0.25, 0.3) is 0 Å². The van der Waals surface area contributed by atoms with Gasteiger partial charge in [0.15, 0.2) is 11.5 Å². The highest BCUT2D eigenvalue weighted by atomic mass is 16.5. The number of carbonyl (C=O) groups is 1. The average Bonchev–Trinajstić information content (AvgIpc) is 3.27. The summed E-state index contributed by atoms with van der Waals surface area (Å²) in [5.74, 6) is 1.40. The second kappa shape index (κ2) is 8.22. The first-order valence-electron chi connectivity index (χ1n) is 9.64. The first-order chi connectivity index (χ1) is 13.4. The van der Waals surface area contributed by atoms with Gasteiger partial charge in [0.25, 0.3) is 0 Å². The Kier molecular flexibility index (Phi) is 5.93. The SMILES string of the molecule is COc1ccc(C(C)(C)CNC(=O)C2(n3cccn3)CCNCC2)cc1OC. The summed E-state index contributed by atoms with van der Waals surface area (Å²) in [6, 6.07) is 7.75. The summed E-state index contributed by atoms with van der Waals surface area (Å²) in [6.07, 6.45) is 5.05. The minimum Gasteiger partial charge on any atom is -0.493 e. The molecule has 2 aromatic rings. The molecule has 7 nitrogen and oxygen atoms in total. The molecule has 1 amide bonds. The van der Waals surface area contributed by atoms with Gasteiger partial charge < -0.3 is 20.1 Å². The lowest BCUT2D eigenvalue weighted by molar-refractivity contribution is -0.132. The van der Waals surface area contributed by atoms with E-state index in [1.807, 2.05) is 35.1 Å². The quantitative estimate of drug-likeness (QED) is 0.762. The van der Waals surface area contributed by atoms with E-state index in [0.717, 1.165) is 31.5 Å². The van der Waals surface area contributed by atoms with Crippen molar-refractivity contribution < 1.29 is 14.3 Å². The number of rotatable bonds is 7. The van der Waals surface area contributed by atoms with Crippen LogP contribution < -0.4 is 20.1 Å². The molecule has 7 heteroatoms. The third-order valence-corrected chi connectivity index (χ3v) is 5.65. The Bertz CT molecular complexity index is 796. The van der Waals surface area contributed by atoms with Crippen molar-refractivity contribution in [2.75, 3.05) is 33.9 Å². The number of hydrogen-bond donors (Lipinski definition) is 2. The van der Waals surface area contributed by atoms with Gasteiger partial charge in [0, 0.05) is 24.4 Å². The van der Waals surface area contributed by atoms with E-state index in [0.29, 0.717) is 18.0 Å². The van der Waals surface area contributed by atoms with Crippen molar-refractivity contribution in [3.63, 3.8) is 0 Å². The molecule has 3 rings (SSSR count). The molecule has 28 heavy (non-hydrogen) atoms. The number of piperidine rings is 1. The molecule has 0 saturated carbocycles. The molecule has 0 spiro atoms. The number of hydrogen-bond acceptors (Lipinski definition) is 5. The highest BCUT2D eigenvalue weighted by Gasteiger charge is 2.42. The first-order valence-corrected chi connectivity index (χ1v) is 9.64. The van der Waals surface area contributed by atoms with Crippen LogP contribution in [0.2, 0.25) is 0 Å². The summed E-state index contributed by atoms with van der Waals surface area (Å²) in [5.41, 5.74) is 0.166. The Labute approximate surface area is 166 Å². The zero-order valence-electron chi connectivity index (χ0n) is 17.1. The van der Waals surface area contributed by atoms with Gasteiger partial charge in [0.1, 0.15) is 5.54 Å². The fourth-order valence-corrected chi connectivity index (χ4v) is 3.75. The largest absolute Gasteiger partial charge is 0.493 e. The molecule has 2 heterocycles. The van der Waals surface area contributed by atoms with Crippen molar-refractivity contribution in [3.8, 4) is 11.5 Å². The van der Waals surface area contributed by atoms with E-state index in [1.165, 1.54) is 0 Å². The van der Waals surface area contributed by atoms with E-state index < -0.39 is 5.54 Å². The number of nitrogens with zero attached hydrogens (tertiary/aromatic N) is 2. The molecule has 1 saturated heterocycles. The third-order valence-electron chi connectivity index (χ3n) is 5.65. The summed E-state index contributed by atoms with van der Waals surface area (Å²) in [4.78, 5) is 13.3. The monoisotopic (exact) mass is 386 g/mol. The van der Waals surface area contributed by atoms with Gasteiger partial charge in [-0.2, -0.15) is 5.10 Å². The summed E-state index contributed by atoms with van der Waals surface area (Å²) in [6.45, 7) is 6.32. The average molecular weight is 386 g/mol. The lowest BCUT2D eigenvalue weighted by atomic mass is 9.83. The fourth-order valence-electron chi connectivity index (χ4n) is 3.75. The van der Waals surface area contributed by atoms with Crippen molar-refractivity contribution in [2.45, 2.75) is 37.6 Å². The number of ether oxygens (including phenoxy) is 2. The molecular formula is C21H30N4O3. The Morgan fingerprint density at radius 2 is 1.96 bits per heavy atom. The van der Waals surface area contributed by atoms with Gasteiger partial charge in [-0.3, -0.25) is 9.48 Å². The van der Waals surface area contributed by atoms with E-state index in [9.17, 15) is 4.79 Å². The number of aromatic nitrogens is 2. The van der Waals surface area contributed by atoms with Gasteiger partial charge in [-0.05, 0) is 49.7 Å². The van der Waals surface area contributed by atoms with Crippen LogP contribution in [-0.2, 0) is 15.7 Å². The van der Waals surface area contributed by atoms with Crippen molar-refractivity contribution in [2.24, 2.45) is 0 Å². The van der Waals surface area contributed by atoms with Crippen LogP contribution in [0.3, 0.4) is 0 Å². The smallest absolute Gasteiger partial charge is 0.248 e. The minimum atomic E-state index is -0.636. The van der Waals surface area contributed by atoms with E-state index >= 15 is 0 Å². The molecule has 1 aromatic heterocycles. The van der Waals surface area contributed by atoms with Crippen LogP contribution in [0, 0.1) is 0 Å². The van der Waals surface area contributed by atoms with E-state index in [4.69, 9.17) is 9.47 Å². The molecule has 1 fully saturated rings. The molecule has 0 radical (unpaired) electrons. The topological polar surface area (TPSA) is 77.4 Å². The maximum atomic E-state index is 13.3. The van der Waals surface area contributed by atoms with Crippen LogP contribution in [0.1, 0.15) is 32.3 Å². The van der Waals surface area contributed by atoms with Crippen LogP contribution in [-0.4, -0.2) is 49.5 Å². The highest BCUT2D eigenvalue weighted by Crippen LogP contribution is 2.33. The second-order valence-corrected chi connectivity index (χ2v) is 7.87. The molecule has 1 aliphatic heterocycles. The molecule has 1 aliphatic rings. The fraction of sp³-hybridized carbons (Fsp3) is 0.524. The first kappa shape index (κ1) is 20.2. The number of amides is 1. The Morgan fingerprint density at radius 3 is 2.57 bits per heavy atom. The van der Waals surface area contributed by atoms with Gasteiger partial charge in [-0.25, -0.2) is 0 Å². The number of carbonyl (C=O) groups excluding carboxylic acids is 1. The van der Waals surface area contributed by atoms with E-state index in [-0.39, 0.29) is 11.3 Å². The molecule has 152 valence electrons. The Hall–Kier alpha value is -2.54. The number of methoxy groups -OCH3 is 2. The van der Waals surface area contributed by atoms with Crippen LogP contribution in [0.5, 0.6) is 11.5 Å². The Balaban J connectivity index is 1.77. The zero-order chi connectivity index (χ0) is 20.2. The lowest BCUT2D eigenvalue weighted by Gasteiger charge is -2.37. The minimum absolute atomic E-state index is 0.0197. The van der Waals surface area contributed by atoms with Gasteiger partial charge in [0.05, 0.1) is 14.2 Å². The van der Waals surface area contributed by atoms with Crippen LogP contribution >= 0.6 is 0 Å². The highest BCUT2D eigenvalue weighted by molar-refractivity contribution is 5.84. The molecule has 0 aliphatic carbocycles. The zero-order valence-corrected chi connectivity index (χ0v) is 17.1. The van der Waals surface area contributed by atoms with Crippen molar-refractivity contribution in [1.29, 1.82) is 0 Å². The maximum Gasteiger partial charge on any atom is 0.248 e. The molecule has 0 bridgehead atoms. The summed E-state index contributed by atoms with van der Waals surface area (Å²) in [7, 11) is 3.25. The van der Waals surface area contributed by atoms with Crippen molar-refractivity contribution >= 4 is 5.91 Å². The van der Waals surface area contributed by atoms with Crippen molar-refractivity contribution in [1.82, 2.24) is 20.4 Å². The third kappa shape index (κ3) is 3.85. The van der Waals surface area contributed by atoms with Crippen LogP contribution in [0.4, 0.5) is 0 Å². The molecule has 1 aromatic carbocycles. The Morgan fingerprint density at radius 1 is 1.25 bits per heavy atom.